The minimum atomic E-state index is -0.103. The smallest absolute Gasteiger partial charge is 0.251 e. The molecule has 2 amide bonds. The quantitative estimate of drug-likeness (QED) is 0.932. The first kappa shape index (κ1) is 15.3. The molecule has 1 aromatic heterocycles. The molecule has 0 fully saturated rings. The minimum Gasteiger partial charge on any atom is -0.348 e. The SMILES string of the molecule is CC(=O)N1CCc2cc(C(=O)N[C@H](C)Cn3cccn3)ccc21. The predicted octanol–water partition coefficient (Wildman–Crippen LogP) is 1.61. The fraction of sp³-hybridized carbons (Fsp3) is 0.353. The minimum absolute atomic E-state index is 0.0237. The van der Waals surface area contributed by atoms with E-state index in [0.717, 1.165) is 17.7 Å². The second kappa shape index (κ2) is 6.24. The lowest BCUT2D eigenvalue weighted by Gasteiger charge is -2.16. The molecule has 1 N–H and O–H groups in total. The average Bonchev–Trinajstić information content (AvgIpc) is 3.14. The van der Waals surface area contributed by atoms with Crippen molar-refractivity contribution in [1.82, 2.24) is 15.1 Å². The number of nitrogens with zero attached hydrogens (tertiary/aromatic N) is 3. The van der Waals surface area contributed by atoms with E-state index >= 15 is 0 Å². The molecule has 23 heavy (non-hydrogen) atoms. The Balaban J connectivity index is 1.67. The van der Waals surface area contributed by atoms with E-state index in [1.807, 2.05) is 31.3 Å². The van der Waals surface area contributed by atoms with E-state index in [2.05, 4.69) is 10.4 Å². The van der Waals surface area contributed by atoms with Crippen LogP contribution in [0.25, 0.3) is 0 Å². The molecule has 6 heteroatoms. The number of carbonyl (C=O) groups excluding carboxylic acids is 2. The van der Waals surface area contributed by atoms with Crippen LogP contribution in [0.15, 0.2) is 36.7 Å². The lowest BCUT2D eigenvalue weighted by molar-refractivity contribution is -0.116. The number of aromatic nitrogens is 2. The molecule has 0 spiro atoms. The second-order valence-electron chi connectivity index (χ2n) is 5.87. The summed E-state index contributed by atoms with van der Waals surface area (Å²) in [5.74, 6) is -0.0671. The first-order valence-electron chi connectivity index (χ1n) is 7.74. The number of hydrogen-bond acceptors (Lipinski definition) is 3. The normalized spacial score (nSPS) is 14.4. The largest absolute Gasteiger partial charge is 0.348 e. The van der Waals surface area contributed by atoms with Crippen LogP contribution in [0.4, 0.5) is 5.69 Å². The van der Waals surface area contributed by atoms with Crippen molar-refractivity contribution < 1.29 is 9.59 Å². The highest BCUT2D eigenvalue weighted by molar-refractivity contribution is 5.97. The zero-order valence-electron chi connectivity index (χ0n) is 13.3. The Morgan fingerprint density at radius 1 is 1.39 bits per heavy atom. The summed E-state index contributed by atoms with van der Waals surface area (Å²) < 4.78 is 1.79. The van der Waals surface area contributed by atoms with Crippen LogP contribution in [0.1, 0.15) is 29.8 Å². The summed E-state index contributed by atoms with van der Waals surface area (Å²) in [6.07, 6.45) is 4.38. The zero-order valence-corrected chi connectivity index (χ0v) is 13.3. The number of nitrogens with one attached hydrogen (secondary N) is 1. The summed E-state index contributed by atoms with van der Waals surface area (Å²) in [6, 6.07) is 7.35. The van der Waals surface area contributed by atoms with Gasteiger partial charge in [-0.2, -0.15) is 5.10 Å². The summed E-state index contributed by atoms with van der Waals surface area (Å²) in [5, 5.41) is 7.12. The van der Waals surface area contributed by atoms with Gasteiger partial charge in [0.05, 0.1) is 6.54 Å². The number of rotatable bonds is 4. The molecule has 0 unspecified atom stereocenters. The molecule has 3 rings (SSSR count). The van der Waals surface area contributed by atoms with Gasteiger partial charge >= 0.3 is 0 Å². The fourth-order valence-electron chi connectivity index (χ4n) is 2.91. The molecule has 2 aromatic rings. The van der Waals surface area contributed by atoms with Crippen molar-refractivity contribution >= 4 is 17.5 Å². The number of carbonyl (C=O) groups is 2. The lowest BCUT2D eigenvalue weighted by atomic mass is 10.1. The number of anilines is 1. The number of benzene rings is 1. The summed E-state index contributed by atoms with van der Waals surface area (Å²) >= 11 is 0. The van der Waals surface area contributed by atoms with Gasteiger partial charge in [-0.25, -0.2) is 0 Å². The summed E-state index contributed by atoms with van der Waals surface area (Å²) in [6.45, 7) is 4.82. The highest BCUT2D eigenvalue weighted by atomic mass is 16.2. The molecule has 1 atom stereocenters. The molecule has 120 valence electrons. The van der Waals surface area contributed by atoms with Crippen molar-refractivity contribution in [2.24, 2.45) is 0 Å². The molecular formula is C17H20N4O2. The summed E-state index contributed by atoms with van der Waals surface area (Å²) in [7, 11) is 0. The Labute approximate surface area is 135 Å². The van der Waals surface area contributed by atoms with Gasteiger partial charge in [-0.1, -0.05) is 0 Å². The fourth-order valence-corrected chi connectivity index (χ4v) is 2.91. The number of amides is 2. The Bertz CT molecular complexity index is 724. The third-order valence-electron chi connectivity index (χ3n) is 4.01. The average molecular weight is 312 g/mol. The Morgan fingerprint density at radius 2 is 2.22 bits per heavy atom. The number of fused-ring (bicyclic) bond motifs is 1. The van der Waals surface area contributed by atoms with E-state index < -0.39 is 0 Å². The molecule has 1 aliphatic heterocycles. The second-order valence-corrected chi connectivity index (χ2v) is 5.87. The molecule has 0 saturated carbocycles. The molecule has 2 heterocycles. The van der Waals surface area contributed by atoms with Crippen molar-refractivity contribution in [1.29, 1.82) is 0 Å². The van der Waals surface area contributed by atoms with E-state index in [-0.39, 0.29) is 17.9 Å². The van der Waals surface area contributed by atoms with Crippen molar-refractivity contribution in [2.75, 3.05) is 11.4 Å². The predicted molar refractivity (Wildman–Crippen MR) is 87.3 cm³/mol. The maximum absolute atomic E-state index is 12.4. The molecule has 1 aliphatic rings. The Hall–Kier alpha value is -2.63. The molecule has 0 bridgehead atoms. The molecule has 1 aromatic carbocycles. The van der Waals surface area contributed by atoms with E-state index in [4.69, 9.17) is 0 Å². The van der Waals surface area contributed by atoms with Crippen LogP contribution in [0.3, 0.4) is 0 Å². The van der Waals surface area contributed by atoms with Crippen LogP contribution in [0, 0.1) is 0 Å². The van der Waals surface area contributed by atoms with Crippen molar-refractivity contribution in [3.8, 4) is 0 Å². The highest BCUT2D eigenvalue weighted by Crippen LogP contribution is 2.28. The van der Waals surface area contributed by atoms with Crippen LogP contribution < -0.4 is 10.2 Å². The van der Waals surface area contributed by atoms with Gasteiger partial charge < -0.3 is 10.2 Å². The third kappa shape index (κ3) is 3.26. The molecule has 6 nitrogen and oxygen atoms in total. The Morgan fingerprint density at radius 3 is 2.91 bits per heavy atom. The van der Waals surface area contributed by atoms with Crippen molar-refractivity contribution in [2.45, 2.75) is 32.9 Å². The Kier molecular flexibility index (Phi) is 4.14. The first-order chi connectivity index (χ1) is 11.0. The maximum Gasteiger partial charge on any atom is 0.251 e. The van der Waals surface area contributed by atoms with Crippen LogP contribution >= 0.6 is 0 Å². The van der Waals surface area contributed by atoms with E-state index in [1.54, 1.807) is 28.8 Å². The van der Waals surface area contributed by atoms with Gasteiger partial charge in [0.2, 0.25) is 5.91 Å². The van der Waals surface area contributed by atoms with Gasteiger partial charge in [-0.3, -0.25) is 14.3 Å². The van der Waals surface area contributed by atoms with Crippen LogP contribution in [-0.2, 0) is 17.8 Å². The van der Waals surface area contributed by atoms with Gasteiger partial charge in [0, 0.05) is 43.2 Å². The summed E-state index contributed by atoms with van der Waals surface area (Å²) in [5.41, 5.74) is 2.59. The standard InChI is InChI=1S/C17H20N4O2/c1-12(11-20-8-3-7-18-20)19-17(23)15-4-5-16-14(10-15)6-9-21(16)13(2)22/h3-5,7-8,10,12H,6,9,11H2,1-2H3,(H,19,23)/t12-/m1/s1. The first-order valence-corrected chi connectivity index (χ1v) is 7.74. The summed E-state index contributed by atoms with van der Waals surface area (Å²) in [4.78, 5) is 25.7. The third-order valence-corrected chi connectivity index (χ3v) is 4.01. The zero-order chi connectivity index (χ0) is 16.4. The van der Waals surface area contributed by atoms with Gasteiger partial charge in [0.1, 0.15) is 0 Å². The maximum atomic E-state index is 12.4. The van der Waals surface area contributed by atoms with Crippen molar-refractivity contribution in [3.05, 3.63) is 47.8 Å². The van der Waals surface area contributed by atoms with E-state index in [1.165, 1.54) is 0 Å². The van der Waals surface area contributed by atoms with Gasteiger partial charge in [-0.05, 0) is 43.2 Å². The van der Waals surface area contributed by atoms with Crippen LogP contribution in [0.2, 0.25) is 0 Å². The molecule has 0 radical (unpaired) electrons. The van der Waals surface area contributed by atoms with Gasteiger partial charge in [0.15, 0.2) is 0 Å². The van der Waals surface area contributed by atoms with E-state index in [9.17, 15) is 9.59 Å². The monoisotopic (exact) mass is 312 g/mol. The molecule has 0 aliphatic carbocycles. The molecular weight excluding hydrogens is 292 g/mol. The lowest BCUT2D eigenvalue weighted by Crippen LogP contribution is -2.35. The van der Waals surface area contributed by atoms with Crippen molar-refractivity contribution in [3.63, 3.8) is 0 Å². The van der Waals surface area contributed by atoms with Crippen LogP contribution in [0.5, 0.6) is 0 Å². The topological polar surface area (TPSA) is 67.2 Å². The van der Waals surface area contributed by atoms with Crippen LogP contribution in [-0.4, -0.2) is 34.2 Å². The van der Waals surface area contributed by atoms with E-state index in [0.29, 0.717) is 18.7 Å². The van der Waals surface area contributed by atoms with Gasteiger partial charge in [0.25, 0.3) is 5.91 Å². The number of hydrogen-bond donors (Lipinski definition) is 1. The molecule has 0 saturated heterocycles. The van der Waals surface area contributed by atoms with Gasteiger partial charge in [-0.15, -0.1) is 0 Å². The highest BCUT2D eigenvalue weighted by Gasteiger charge is 2.23.